The van der Waals surface area contributed by atoms with Gasteiger partial charge in [-0.05, 0) is 43.7 Å². The summed E-state index contributed by atoms with van der Waals surface area (Å²) in [5, 5.41) is 15.9. The second-order valence-corrected chi connectivity index (χ2v) is 7.41. The van der Waals surface area contributed by atoms with Crippen LogP contribution in [0.2, 0.25) is 5.02 Å². The second kappa shape index (κ2) is 8.41. The lowest BCUT2D eigenvalue weighted by Crippen LogP contribution is -2.09. The van der Waals surface area contributed by atoms with Gasteiger partial charge in [-0.1, -0.05) is 29.8 Å². The third-order valence-electron chi connectivity index (χ3n) is 3.99. The Morgan fingerprint density at radius 2 is 2.00 bits per heavy atom. The van der Waals surface area contributed by atoms with Crippen LogP contribution in [0.4, 0.5) is 0 Å². The minimum Gasteiger partial charge on any atom is -0.504 e. The number of aromatic hydroxyl groups is 1. The molecule has 27 heavy (non-hydrogen) atoms. The molecular formula is C20H20ClN3O2S. The summed E-state index contributed by atoms with van der Waals surface area (Å²) in [6.07, 6.45) is 0. The molecule has 7 heteroatoms. The molecule has 140 valence electrons. The number of halogens is 1. The molecule has 2 N–H and O–H groups in total. The SMILES string of the molecule is COc1ccc(CN/N=C(\C)c2sc(-c3ccc(Cl)cc3)nc2C)cc1O. The fourth-order valence-corrected chi connectivity index (χ4v) is 3.74. The zero-order valence-corrected chi connectivity index (χ0v) is 16.9. The molecule has 0 fully saturated rings. The molecule has 0 radical (unpaired) electrons. The molecule has 0 saturated heterocycles. The van der Waals surface area contributed by atoms with Crippen molar-refractivity contribution in [2.24, 2.45) is 5.10 Å². The maximum atomic E-state index is 9.84. The van der Waals surface area contributed by atoms with Gasteiger partial charge in [-0.25, -0.2) is 4.98 Å². The Morgan fingerprint density at radius 1 is 1.26 bits per heavy atom. The number of hydrogen-bond acceptors (Lipinski definition) is 6. The first-order valence-corrected chi connectivity index (χ1v) is 9.54. The van der Waals surface area contributed by atoms with E-state index in [0.29, 0.717) is 17.3 Å². The highest BCUT2D eigenvalue weighted by Gasteiger charge is 2.12. The van der Waals surface area contributed by atoms with E-state index >= 15 is 0 Å². The van der Waals surface area contributed by atoms with Crippen molar-refractivity contribution in [3.05, 3.63) is 63.6 Å². The maximum absolute atomic E-state index is 9.84. The van der Waals surface area contributed by atoms with Crippen molar-refractivity contribution in [2.45, 2.75) is 20.4 Å². The zero-order valence-electron chi connectivity index (χ0n) is 15.3. The normalized spacial score (nSPS) is 11.5. The van der Waals surface area contributed by atoms with Crippen LogP contribution in [-0.2, 0) is 6.54 Å². The summed E-state index contributed by atoms with van der Waals surface area (Å²) in [7, 11) is 1.52. The number of hydrogen-bond donors (Lipinski definition) is 2. The number of thiazole rings is 1. The number of nitrogens with zero attached hydrogens (tertiary/aromatic N) is 2. The Bertz CT molecular complexity index is 968. The molecule has 0 aliphatic rings. The predicted molar refractivity (Wildman–Crippen MR) is 111 cm³/mol. The maximum Gasteiger partial charge on any atom is 0.160 e. The van der Waals surface area contributed by atoms with Gasteiger partial charge in [0.2, 0.25) is 0 Å². The topological polar surface area (TPSA) is 66.7 Å². The summed E-state index contributed by atoms with van der Waals surface area (Å²) >= 11 is 7.55. The lowest BCUT2D eigenvalue weighted by atomic mass is 10.2. The smallest absolute Gasteiger partial charge is 0.160 e. The van der Waals surface area contributed by atoms with Gasteiger partial charge in [0.15, 0.2) is 11.5 Å². The lowest BCUT2D eigenvalue weighted by Gasteiger charge is -2.06. The van der Waals surface area contributed by atoms with Crippen LogP contribution in [0.1, 0.15) is 23.1 Å². The quantitative estimate of drug-likeness (QED) is 0.450. The monoisotopic (exact) mass is 401 g/mol. The van der Waals surface area contributed by atoms with Crippen LogP contribution in [0.15, 0.2) is 47.6 Å². The first kappa shape index (κ1) is 19.2. The molecule has 0 saturated carbocycles. The van der Waals surface area contributed by atoms with Crippen LogP contribution in [0, 0.1) is 6.92 Å². The molecule has 0 unspecified atom stereocenters. The van der Waals surface area contributed by atoms with Crippen molar-refractivity contribution >= 4 is 28.6 Å². The standard InChI is InChI=1S/C20H20ClN3O2S/c1-12-19(27-20(23-12)15-5-7-16(21)8-6-15)13(2)24-22-11-14-4-9-18(26-3)17(25)10-14/h4-10,22,25H,11H2,1-3H3/b24-13+. The van der Waals surface area contributed by atoms with Gasteiger partial charge in [0.1, 0.15) is 5.01 Å². The van der Waals surface area contributed by atoms with E-state index in [9.17, 15) is 5.11 Å². The number of aromatic nitrogens is 1. The molecule has 3 aromatic rings. The highest BCUT2D eigenvalue weighted by atomic mass is 35.5. The first-order chi connectivity index (χ1) is 13.0. The van der Waals surface area contributed by atoms with E-state index < -0.39 is 0 Å². The third-order valence-corrected chi connectivity index (χ3v) is 5.56. The van der Waals surface area contributed by atoms with Crippen LogP contribution >= 0.6 is 22.9 Å². The third kappa shape index (κ3) is 4.59. The number of ether oxygens (including phenoxy) is 1. The first-order valence-electron chi connectivity index (χ1n) is 8.34. The number of rotatable bonds is 6. The Balaban J connectivity index is 1.71. The van der Waals surface area contributed by atoms with Crippen LogP contribution < -0.4 is 10.2 Å². The number of hydrazone groups is 1. The fraction of sp³-hybridized carbons (Fsp3) is 0.200. The van der Waals surface area contributed by atoms with Gasteiger partial charge in [-0.15, -0.1) is 11.3 Å². The molecule has 0 aliphatic heterocycles. The summed E-state index contributed by atoms with van der Waals surface area (Å²) in [6, 6.07) is 12.9. The second-order valence-electron chi connectivity index (χ2n) is 5.98. The molecule has 1 aromatic heterocycles. The number of aryl methyl sites for hydroxylation is 1. The van der Waals surface area contributed by atoms with Crippen LogP contribution in [0.3, 0.4) is 0 Å². The van der Waals surface area contributed by atoms with Crippen molar-refractivity contribution in [3.63, 3.8) is 0 Å². The van der Waals surface area contributed by atoms with Crippen LogP contribution in [-0.4, -0.2) is 22.9 Å². The van der Waals surface area contributed by atoms with Gasteiger partial charge >= 0.3 is 0 Å². The van der Waals surface area contributed by atoms with E-state index in [0.717, 1.165) is 32.4 Å². The summed E-state index contributed by atoms with van der Waals surface area (Å²) in [5.41, 5.74) is 6.79. The van der Waals surface area contributed by atoms with Crippen molar-refractivity contribution < 1.29 is 9.84 Å². The summed E-state index contributed by atoms with van der Waals surface area (Å²) in [4.78, 5) is 5.68. The Labute approximate surface area is 167 Å². The summed E-state index contributed by atoms with van der Waals surface area (Å²) < 4.78 is 5.05. The molecule has 0 amide bonds. The molecule has 0 spiro atoms. The minimum absolute atomic E-state index is 0.114. The molecule has 3 rings (SSSR count). The van der Waals surface area contributed by atoms with Gasteiger partial charge in [0.05, 0.1) is 29.9 Å². The molecule has 5 nitrogen and oxygen atoms in total. The average Bonchev–Trinajstić information content (AvgIpc) is 3.04. The van der Waals surface area contributed by atoms with Gasteiger partial charge in [0.25, 0.3) is 0 Å². The van der Waals surface area contributed by atoms with Gasteiger partial charge < -0.3 is 15.3 Å². The van der Waals surface area contributed by atoms with Crippen molar-refractivity contribution in [1.29, 1.82) is 0 Å². The van der Waals surface area contributed by atoms with E-state index in [-0.39, 0.29) is 5.75 Å². The van der Waals surface area contributed by atoms with E-state index in [4.69, 9.17) is 16.3 Å². The Kier molecular flexibility index (Phi) is 5.98. The number of benzene rings is 2. The van der Waals surface area contributed by atoms with Crippen LogP contribution in [0.25, 0.3) is 10.6 Å². The largest absolute Gasteiger partial charge is 0.504 e. The van der Waals surface area contributed by atoms with Crippen molar-refractivity contribution in [3.8, 4) is 22.1 Å². The highest BCUT2D eigenvalue weighted by Crippen LogP contribution is 2.29. The lowest BCUT2D eigenvalue weighted by molar-refractivity contribution is 0.373. The van der Waals surface area contributed by atoms with E-state index in [1.165, 1.54) is 7.11 Å². The van der Waals surface area contributed by atoms with Crippen LogP contribution in [0.5, 0.6) is 11.5 Å². The molecular weight excluding hydrogens is 382 g/mol. The summed E-state index contributed by atoms with van der Waals surface area (Å²) in [5.74, 6) is 0.567. The molecule has 2 aromatic carbocycles. The highest BCUT2D eigenvalue weighted by molar-refractivity contribution is 7.17. The number of phenolic OH excluding ortho intramolecular Hbond substituents is 1. The van der Waals surface area contributed by atoms with E-state index in [2.05, 4.69) is 15.5 Å². The van der Waals surface area contributed by atoms with Gasteiger partial charge in [-0.2, -0.15) is 5.10 Å². The fourth-order valence-electron chi connectivity index (χ4n) is 2.59. The van der Waals surface area contributed by atoms with E-state index in [1.54, 1.807) is 23.5 Å². The van der Waals surface area contributed by atoms with Gasteiger partial charge in [0, 0.05) is 10.6 Å². The number of methoxy groups -OCH3 is 1. The zero-order chi connectivity index (χ0) is 19.4. The van der Waals surface area contributed by atoms with Crippen molar-refractivity contribution in [2.75, 3.05) is 7.11 Å². The molecule has 1 heterocycles. The minimum atomic E-state index is 0.114. The Morgan fingerprint density at radius 3 is 2.67 bits per heavy atom. The molecule has 0 aliphatic carbocycles. The average molecular weight is 402 g/mol. The number of nitrogens with one attached hydrogen (secondary N) is 1. The van der Waals surface area contributed by atoms with Gasteiger partial charge in [-0.3, -0.25) is 0 Å². The predicted octanol–water partition coefficient (Wildman–Crippen LogP) is 5.00. The summed E-state index contributed by atoms with van der Waals surface area (Å²) in [6.45, 7) is 4.42. The Hall–Kier alpha value is -2.57. The molecule has 0 bridgehead atoms. The van der Waals surface area contributed by atoms with E-state index in [1.807, 2.05) is 44.2 Å². The van der Waals surface area contributed by atoms with Crippen molar-refractivity contribution in [1.82, 2.24) is 10.4 Å². The molecule has 0 atom stereocenters. The number of phenols is 1.